The molecular weight excluding hydrogens is 322 g/mol. The van der Waals surface area contributed by atoms with Crippen LogP contribution in [-0.4, -0.2) is 33.6 Å². The van der Waals surface area contributed by atoms with Gasteiger partial charge in [0.1, 0.15) is 0 Å². The first-order valence-electron chi connectivity index (χ1n) is 8.31. The van der Waals surface area contributed by atoms with Gasteiger partial charge in [-0.1, -0.05) is 27.7 Å². The van der Waals surface area contributed by atoms with Gasteiger partial charge in [0, 0.05) is 41.2 Å². The minimum Gasteiger partial charge on any atom is -0.392 e. The molecule has 1 aromatic heterocycles. The van der Waals surface area contributed by atoms with Crippen molar-refractivity contribution in [2.45, 2.75) is 40.2 Å². The standard InChI is InChI=1S/C18H25N3O4/c1-11(2)17(23)18(3,4)10-20-16(22)7-12-9-19-15-6-5-13(21(24)25)8-14(12)15/h5-6,8-9,11,17,19,23H,7,10H2,1-4H3,(H,20,22). The Labute approximate surface area is 146 Å². The van der Waals surface area contributed by atoms with Gasteiger partial charge in [-0.2, -0.15) is 0 Å². The maximum absolute atomic E-state index is 12.3. The molecule has 1 heterocycles. The number of nitrogens with zero attached hydrogens (tertiary/aromatic N) is 1. The Morgan fingerprint density at radius 2 is 2.08 bits per heavy atom. The molecule has 0 aliphatic carbocycles. The normalized spacial score (nSPS) is 13.2. The summed E-state index contributed by atoms with van der Waals surface area (Å²) >= 11 is 0. The number of rotatable bonds is 7. The maximum atomic E-state index is 12.3. The molecule has 0 bridgehead atoms. The summed E-state index contributed by atoms with van der Waals surface area (Å²) in [5.41, 5.74) is 1.01. The van der Waals surface area contributed by atoms with Gasteiger partial charge in [0.2, 0.25) is 5.91 Å². The summed E-state index contributed by atoms with van der Waals surface area (Å²) < 4.78 is 0. The van der Waals surface area contributed by atoms with Crippen LogP contribution in [0.3, 0.4) is 0 Å². The number of aromatic amines is 1. The number of H-pyrrole nitrogens is 1. The van der Waals surface area contributed by atoms with E-state index < -0.39 is 16.4 Å². The lowest BCUT2D eigenvalue weighted by Crippen LogP contribution is -2.43. The number of nitro benzene ring substituents is 1. The van der Waals surface area contributed by atoms with Crippen LogP contribution in [0, 0.1) is 21.4 Å². The first kappa shape index (κ1) is 18.9. The number of carbonyl (C=O) groups is 1. The number of nitro groups is 1. The van der Waals surface area contributed by atoms with Gasteiger partial charge in [0.15, 0.2) is 0 Å². The third-order valence-electron chi connectivity index (χ3n) is 4.49. The zero-order valence-electron chi connectivity index (χ0n) is 15.0. The van der Waals surface area contributed by atoms with Crippen molar-refractivity contribution in [3.8, 4) is 0 Å². The second kappa shape index (κ2) is 7.23. The van der Waals surface area contributed by atoms with E-state index in [2.05, 4.69) is 10.3 Å². The minimum absolute atomic E-state index is 0.00468. The lowest BCUT2D eigenvalue weighted by atomic mass is 9.80. The zero-order chi connectivity index (χ0) is 18.8. The van der Waals surface area contributed by atoms with Gasteiger partial charge in [-0.05, 0) is 17.5 Å². The Bertz CT molecular complexity index is 780. The summed E-state index contributed by atoms with van der Waals surface area (Å²) in [7, 11) is 0. The largest absolute Gasteiger partial charge is 0.392 e. The van der Waals surface area contributed by atoms with Crippen molar-refractivity contribution in [3.63, 3.8) is 0 Å². The van der Waals surface area contributed by atoms with Gasteiger partial charge in [0.25, 0.3) is 5.69 Å². The smallest absolute Gasteiger partial charge is 0.270 e. The highest BCUT2D eigenvalue weighted by molar-refractivity contribution is 5.90. The summed E-state index contributed by atoms with van der Waals surface area (Å²) in [4.78, 5) is 25.8. The van der Waals surface area contributed by atoms with Gasteiger partial charge in [-0.3, -0.25) is 14.9 Å². The Morgan fingerprint density at radius 3 is 2.68 bits per heavy atom. The topological polar surface area (TPSA) is 108 Å². The molecule has 3 N–H and O–H groups in total. The van der Waals surface area contributed by atoms with E-state index in [4.69, 9.17) is 0 Å². The van der Waals surface area contributed by atoms with Crippen LogP contribution in [0.4, 0.5) is 5.69 Å². The lowest BCUT2D eigenvalue weighted by Gasteiger charge is -2.33. The molecule has 1 amide bonds. The van der Waals surface area contributed by atoms with E-state index in [0.29, 0.717) is 17.5 Å². The van der Waals surface area contributed by atoms with E-state index in [9.17, 15) is 20.0 Å². The molecule has 136 valence electrons. The molecule has 7 heteroatoms. The number of aliphatic hydroxyl groups excluding tert-OH is 1. The van der Waals surface area contributed by atoms with E-state index in [1.807, 2.05) is 27.7 Å². The van der Waals surface area contributed by atoms with Gasteiger partial charge >= 0.3 is 0 Å². The fourth-order valence-electron chi connectivity index (χ4n) is 3.00. The molecule has 1 atom stereocenters. The number of fused-ring (bicyclic) bond motifs is 1. The first-order valence-corrected chi connectivity index (χ1v) is 8.31. The summed E-state index contributed by atoms with van der Waals surface area (Å²) in [5.74, 6) is -0.0856. The van der Waals surface area contributed by atoms with E-state index in [1.54, 1.807) is 12.3 Å². The predicted molar refractivity (Wildman–Crippen MR) is 96.3 cm³/mol. The van der Waals surface area contributed by atoms with Crippen LogP contribution in [0.1, 0.15) is 33.3 Å². The number of benzene rings is 1. The highest BCUT2D eigenvalue weighted by atomic mass is 16.6. The number of carbonyl (C=O) groups excluding carboxylic acids is 1. The van der Waals surface area contributed by atoms with Crippen molar-refractivity contribution >= 4 is 22.5 Å². The van der Waals surface area contributed by atoms with E-state index in [0.717, 1.165) is 5.52 Å². The maximum Gasteiger partial charge on any atom is 0.270 e. The Morgan fingerprint density at radius 1 is 1.40 bits per heavy atom. The third-order valence-corrected chi connectivity index (χ3v) is 4.49. The van der Waals surface area contributed by atoms with Crippen LogP contribution in [-0.2, 0) is 11.2 Å². The molecule has 1 unspecified atom stereocenters. The average Bonchev–Trinajstić information content (AvgIpc) is 2.94. The number of aliphatic hydroxyl groups is 1. The molecule has 0 fully saturated rings. The molecule has 2 rings (SSSR count). The minimum atomic E-state index is -0.525. The predicted octanol–water partition coefficient (Wildman–Crippen LogP) is 2.78. The molecule has 0 saturated carbocycles. The summed E-state index contributed by atoms with van der Waals surface area (Å²) in [6.45, 7) is 8.05. The van der Waals surface area contributed by atoms with Crippen LogP contribution < -0.4 is 5.32 Å². The Hall–Kier alpha value is -2.41. The fourth-order valence-corrected chi connectivity index (χ4v) is 3.00. The van der Waals surface area contributed by atoms with Gasteiger partial charge in [-0.15, -0.1) is 0 Å². The number of nitrogens with one attached hydrogen (secondary N) is 2. The van der Waals surface area contributed by atoms with Gasteiger partial charge in [-0.25, -0.2) is 0 Å². The Kier molecular flexibility index (Phi) is 5.47. The van der Waals surface area contributed by atoms with E-state index in [1.165, 1.54) is 12.1 Å². The van der Waals surface area contributed by atoms with Crippen molar-refractivity contribution in [2.75, 3.05) is 6.54 Å². The molecule has 0 spiro atoms. The number of non-ortho nitro benzene ring substituents is 1. The molecule has 0 aliphatic heterocycles. The second-order valence-electron chi connectivity index (χ2n) is 7.43. The van der Waals surface area contributed by atoms with E-state index >= 15 is 0 Å². The van der Waals surface area contributed by atoms with Crippen LogP contribution in [0.25, 0.3) is 10.9 Å². The molecule has 1 aromatic carbocycles. The number of aromatic nitrogens is 1. The molecule has 25 heavy (non-hydrogen) atoms. The Balaban J connectivity index is 2.07. The fraction of sp³-hybridized carbons (Fsp3) is 0.500. The highest BCUT2D eigenvalue weighted by Gasteiger charge is 2.30. The van der Waals surface area contributed by atoms with Crippen LogP contribution in [0.15, 0.2) is 24.4 Å². The molecular formula is C18H25N3O4. The third kappa shape index (κ3) is 4.36. The monoisotopic (exact) mass is 347 g/mol. The highest BCUT2D eigenvalue weighted by Crippen LogP contribution is 2.26. The molecule has 0 saturated heterocycles. The molecule has 7 nitrogen and oxygen atoms in total. The molecule has 0 aliphatic rings. The lowest BCUT2D eigenvalue weighted by molar-refractivity contribution is -0.384. The van der Waals surface area contributed by atoms with Gasteiger partial charge < -0.3 is 15.4 Å². The number of amides is 1. The van der Waals surface area contributed by atoms with E-state index in [-0.39, 0.29) is 23.9 Å². The summed E-state index contributed by atoms with van der Waals surface area (Å²) in [5, 5.41) is 24.7. The van der Waals surface area contributed by atoms with Crippen LogP contribution >= 0.6 is 0 Å². The first-order chi connectivity index (χ1) is 11.6. The number of hydrogen-bond acceptors (Lipinski definition) is 4. The second-order valence-corrected chi connectivity index (χ2v) is 7.43. The summed E-state index contributed by atoms with van der Waals surface area (Å²) in [6, 6.07) is 4.54. The molecule has 2 aromatic rings. The zero-order valence-corrected chi connectivity index (χ0v) is 15.0. The van der Waals surface area contributed by atoms with Crippen molar-refractivity contribution in [3.05, 3.63) is 40.1 Å². The SMILES string of the molecule is CC(C)C(O)C(C)(C)CNC(=O)Cc1c[nH]c2ccc([N+](=O)[O-])cc12. The molecule has 0 radical (unpaired) electrons. The van der Waals surface area contributed by atoms with Crippen molar-refractivity contribution in [1.82, 2.24) is 10.3 Å². The van der Waals surface area contributed by atoms with Crippen molar-refractivity contribution < 1.29 is 14.8 Å². The van der Waals surface area contributed by atoms with Crippen LogP contribution in [0.2, 0.25) is 0 Å². The van der Waals surface area contributed by atoms with Crippen molar-refractivity contribution in [1.29, 1.82) is 0 Å². The van der Waals surface area contributed by atoms with Crippen LogP contribution in [0.5, 0.6) is 0 Å². The van der Waals surface area contributed by atoms with Crippen molar-refractivity contribution in [2.24, 2.45) is 11.3 Å². The number of hydrogen-bond donors (Lipinski definition) is 3. The quantitative estimate of drug-likeness (QED) is 0.528. The average molecular weight is 347 g/mol. The van der Waals surface area contributed by atoms with Gasteiger partial charge in [0.05, 0.1) is 17.4 Å². The summed E-state index contributed by atoms with van der Waals surface area (Å²) in [6.07, 6.45) is 1.29.